The lowest BCUT2D eigenvalue weighted by Crippen LogP contribution is -2.47. The van der Waals surface area contributed by atoms with Gasteiger partial charge in [0.05, 0.1) is 27.3 Å². The van der Waals surface area contributed by atoms with Gasteiger partial charge < -0.3 is 23.7 Å². The van der Waals surface area contributed by atoms with Crippen LogP contribution < -0.4 is 9.47 Å². The largest absolute Gasteiger partial charge is 0.493 e. The Kier molecular flexibility index (Phi) is 7.80. The molecule has 0 radical (unpaired) electrons. The molecular formula is C27H36N2O5. The molecule has 2 fully saturated rings. The van der Waals surface area contributed by atoms with Gasteiger partial charge in [0, 0.05) is 19.0 Å². The number of nitrogens with zero attached hydrogens (tertiary/aromatic N) is 2. The molecule has 2 aromatic rings. The first kappa shape index (κ1) is 24.2. The van der Waals surface area contributed by atoms with Crippen molar-refractivity contribution in [3.63, 3.8) is 0 Å². The Morgan fingerprint density at radius 3 is 2.35 bits per heavy atom. The number of furan rings is 1. The first-order chi connectivity index (χ1) is 16.5. The Balaban J connectivity index is 1.46. The van der Waals surface area contributed by atoms with E-state index >= 15 is 0 Å². The van der Waals surface area contributed by atoms with Gasteiger partial charge in [0.25, 0.3) is 0 Å². The molecule has 7 nitrogen and oxygen atoms in total. The number of hydrogen-bond acceptors (Lipinski definition) is 5. The highest BCUT2D eigenvalue weighted by molar-refractivity contribution is 5.86. The number of carbonyl (C=O) groups excluding carboxylic acids is 2. The van der Waals surface area contributed by atoms with Gasteiger partial charge in [0.15, 0.2) is 11.5 Å². The summed E-state index contributed by atoms with van der Waals surface area (Å²) in [4.78, 5) is 30.1. The summed E-state index contributed by atoms with van der Waals surface area (Å²) in [7, 11) is 3.23. The van der Waals surface area contributed by atoms with Gasteiger partial charge in [0.1, 0.15) is 11.5 Å². The number of carbonyl (C=O) groups is 2. The standard InChI is InChI=1S/C27H36N2O5/c1-19-7-11-23(34-19)17-28(14-13-20-10-12-24(32-2)25(15-20)33-3)26(30)18-29(16-21-8-9-21)27(31)22-5-4-6-22/h7,10-12,15,21-22H,4-6,8-9,13-14,16-18H2,1-3H3. The van der Waals surface area contributed by atoms with Crippen LogP contribution in [0.15, 0.2) is 34.7 Å². The van der Waals surface area contributed by atoms with Crippen LogP contribution in [-0.2, 0) is 22.6 Å². The molecule has 0 saturated heterocycles. The molecule has 2 amide bonds. The minimum absolute atomic E-state index is 0.0390. The van der Waals surface area contributed by atoms with E-state index in [1.54, 1.807) is 14.2 Å². The highest BCUT2D eigenvalue weighted by Gasteiger charge is 2.34. The van der Waals surface area contributed by atoms with E-state index < -0.39 is 0 Å². The second kappa shape index (κ2) is 11.0. The topological polar surface area (TPSA) is 72.2 Å². The van der Waals surface area contributed by atoms with Crippen molar-refractivity contribution in [2.45, 2.75) is 52.0 Å². The Morgan fingerprint density at radius 2 is 1.76 bits per heavy atom. The fraction of sp³-hybridized carbons (Fsp3) is 0.556. The molecule has 4 rings (SSSR count). The first-order valence-electron chi connectivity index (χ1n) is 12.3. The molecule has 0 aliphatic heterocycles. The lowest BCUT2D eigenvalue weighted by molar-refractivity contribution is -0.145. The van der Waals surface area contributed by atoms with Crippen molar-refractivity contribution in [1.82, 2.24) is 9.80 Å². The Bertz CT molecular complexity index is 993. The van der Waals surface area contributed by atoms with Gasteiger partial charge >= 0.3 is 0 Å². The Hall–Kier alpha value is -2.96. The van der Waals surface area contributed by atoms with Crippen molar-refractivity contribution in [1.29, 1.82) is 0 Å². The molecule has 1 heterocycles. The van der Waals surface area contributed by atoms with Crippen LogP contribution in [0.3, 0.4) is 0 Å². The van der Waals surface area contributed by atoms with E-state index in [0.29, 0.717) is 43.5 Å². The zero-order valence-corrected chi connectivity index (χ0v) is 20.5. The van der Waals surface area contributed by atoms with Gasteiger partial charge in [-0.2, -0.15) is 0 Å². The number of hydrogen-bond donors (Lipinski definition) is 0. The number of rotatable bonds is 12. The molecule has 1 aromatic carbocycles. The molecule has 2 aliphatic carbocycles. The summed E-state index contributed by atoms with van der Waals surface area (Å²) in [6, 6.07) is 9.63. The van der Waals surface area contributed by atoms with Crippen LogP contribution in [0.1, 0.15) is 49.2 Å². The zero-order chi connectivity index (χ0) is 24.1. The minimum atomic E-state index is -0.0390. The number of amides is 2. The highest BCUT2D eigenvalue weighted by Crippen LogP contribution is 2.33. The van der Waals surface area contributed by atoms with Crippen LogP contribution in [0.4, 0.5) is 0 Å². The van der Waals surface area contributed by atoms with Crippen molar-refractivity contribution >= 4 is 11.8 Å². The van der Waals surface area contributed by atoms with Crippen LogP contribution in [0, 0.1) is 18.8 Å². The van der Waals surface area contributed by atoms with Gasteiger partial charge in [0.2, 0.25) is 11.8 Å². The molecule has 0 unspecified atom stereocenters. The molecular weight excluding hydrogens is 432 g/mol. The number of aryl methyl sites for hydroxylation is 1. The van der Waals surface area contributed by atoms with Crippen molar-refractivity contribution in [3.8, 4) is 11.5 Å². The van der Waals surface area contributed by atoms with E-state index in [2.05, 4.69) is 0 Å². The molecule has 7 heteroatoms. The summed E-state index contributed by atoms with van der Waals surface area (Å²) < 4.78 is 16.5. The van der Waals surface area contributed by atoms with Gasteiger partial charge in [-0.15, -0.1) is 0 Å². The van der Waals surface area contributed by atoms with Crippen molar-refractivity contribution in [2.24, 2.45) is 11.8 Å². The number of methoxy groups -OCH3 is 2. The second-order valence-electron chi connectivity index (χ2n) is 9.56. The molecule has 184 valence electrons. The normalized spacial score (nSPS) is 15.5. The molecule has 0 bridgehead atoms. The van der Waals surface area contributed by atoms with E-state index in [1.807, 2.05) is 47.1 Å². The molecule has 1 aromatic heterocycles. The van der Waals surface area contributed by atoms with Crippen LogP contribution in [-0.4, -0.2) is 55.5 Å². The third-order valence-electron chi connectivity index (χ3n) is 6.88. The van der Waals surface area contributed by atoms with Gasteiger partial charge in [-0.1, -0.05) is 12.5 Å². The van der Waals surface area contributed by atoms with Gasteiger partial charge in [-0.25, -0.2) is 0 Å². The predicted molar refractivity (Wildman–Crippen MR) is 129 cm³/mol. The molecule has 0 atom stereocenters. The molecule has 34 heavy (non-hydrogen) atoms. The van der Waals surface area contributed by atoms with E-state index in [9.17, 15) is 9.59 Å². The summed E-state index contributed by atoms with van der Waals surface area (Å²) >= 11 is 0. The molecule has 0 N–H and O–H groups in total. The van der Waals surface area contributed by atoms with Crippen molar-refractivity contribution in [2.75, 3.05) is 33.9 Å². The average Bonchev–Trinajstić information content (AvgIpc) is 3.53. The van der Waals surface area contributed by atoms with Crippen LogP contribution in [0.5, 0.6) is 11.5 Å². The minimum Gasteiger partial charge on any atom is -0.493 e. The summed E-state index contributed by atoms with van der Waals surface area (Å²) in [6.07, 6.45) is 5.96. The van der Waals surface area contributed by atoms with Crippen molar-refractivity contribution < 1.29 is 23.5 Å². The maximum absolute atomic E-state index is 13.5. The van der Waals surface area contributed by atoms with Gasteiger partial charge in [-0.05, 0) is 74.8 Å². The SMILES string of the molecule is COc1ccc(CCN(Cc2ccc(C)o2)C(=O)CN(CC2CC2)C(=O)C2CCC2)cc1OC. The van der Waals surface area contributed by atoms with E-state index in [0.717, 1.165) is 49.2 Å². The quantitative estimate of drug-likeness (QED) is 0.467. The lowest BCUT2D eigenvalue weighted by Gasteiger charge is -2.33. The monoisotopic (exact) mass is 468 g/mol. The maximum atomic E-state index is 13.5. The van der Waals surface area contributed by atoms with Crippen molar-refractivity contribution in [3.05, 3.63) is 47.4 Å². The third kappa shape index (κ3) is 6.13. The maximum Gasteiger partial charge on any atom is 0.242 e. The van der Waals surface area contributed by atoms with Crippen LogP contribution in [0.25, 0.3) is 0 Å². The fourth-order valence-electron chi connectivity index (χ4n) is 4.37. The molecule has 2 aliphatic rings. The first-order valence-corrected chi connectivity index (χ1v) is 12.3. The molecule has 0 spiro atoms. The predicted octanol–water partition coefficient (Wildman–Crippen LogP) is 4.22. The van der Waals surface area contributed by atoms with Crippen LogP contribution >= 0.6 is 0 Å². The smallest absolute Gasteiger partial charge is 0.242 e. The average molecular weight is 469 g/mol. The Labute approximate surface area is 202 Å². The van der Waals surface area contributed by atoms with E-state index in [4.69, 9.17) is 13.9 Å². The summed E-state index contributed by atoms with van der Waals surface area (Å²) in [5.41, 5.74) is 1.05. The summed E-state index contributed by atoms with van der Waals surface area (Å²) in [5.74, 6) is 3.67. The summed E-state index contributed by atoms with van der Waals surface area (Å²) in [6.45, 7) is 3.63. The second-order valence-corrected chi connectivity index (χ2v) is 9.56. The summed E-state index contributed by atoms with van der Waals surface area (Å²) in [5, 5.41) is 0. The molecule has 2 saturated carbocycles. The highest BCUT2D eigenvalue weighted by atomic mass is 16.5. The zero-order valence-electron chi connectivity index (χ0n) is 20.5. The van der Waals surface area contributed by atoms with E-state index in [-0.39, 0.29) is 24.3 Å². The van der Waals surface area contributed by atoms with Crippen LogP contribution in [0.2, 0.25) is 0 Å². The fourth-order valence-corrected chi connectivity index (χ4v) is 4.37. The number of benzene rings is 1. The van der Waals surface area contributed by atoms with Gasteiger partial charge in [-0.3, -0.25) is 9.59 Å². The number of ether oxygens (including phenoxy) is 2. The lowest BCUT2D eigenvalue weighted by atomic mass is 9.84. The van der Waals surface area contributed by atoms with E-state index in [1.165, 1.54) is 0 Å². The Morgan fingerprint density at radius 1 is 1.00 bits per heavy atom. The third-order valence-corrected chi connectivity index (χ3v) is 6.88.